The molecule has 0 bridgehead atoms. The molecule has 88 valence electrons. The van der Waals surface area contributed by atoms with Gasteiger partial charge < -0.3 is 14.4 Å². The third-order valence-electron chi connectivity index (χ3n) is 2.47. The first kappa shape index (κ1) is 11.3. The number of hydrogen-bond acceptors (Lipinski definition) is 3. The Morgan fingerprint density at radius 2 is 2.12 bits per heavy atom. The normalized spacial score (nSPS) is 10.2. The first-order valence-corrected chi connectivity index (χ1v) is 5.21. The maximum atomic E-state index is 11.6. The van der Waals surface area contributed by atoms with Gasteiger partial charge in [-0.2, -0.15) is 0 Å². The molecule has 1 N–H and O–H groups in total. The highest BCUT2D eigenvalue weighted by atomic mass is 16.5. The fourth-order valence-corrected chi connectivity index (χ4v) is 1.60. The summed E-state index contributed by atoms with van der Waals surface area (Å²) in [6, 6.07) is 10.2. The molecule has 0 saturated carbocycles. The number of aromatic hydroxyl groups is 1. The molecular weight excluding hydrogens is 218 g/mol. The van der Waals surface area contributed by atoms with Gasteiger partial charge in [-0.1, -0.05) is 12.1 Å². The summed E-state index contributed by atoms with van der Waals surface area (Å²) >= 11 is 0. The van der Waals surface area contributed by atoms with Crippen LogP contribution in [0.3, 0.4) is 0 Å². The number of nitrogens with zero attached hydrogens (tertiary/aromatic N) is 1. The maximum absolute atomic E-state index is 11.6. The van der Waals surface area contributed by atoms with Crippen molar-refractivity contribution in [1.82, 2.24) is 4.57 Å². The topological polar surface area (TPSA) is 51.5 Å². The summed E-state index contributed by atoms with van der Waals surface area (Å²) in [6.07, 6.45) is 1.57. The third kappa shape index (κ3) is 2.66. The molecular formula is C13H13NO3. The molecule has 0 fully saturated rings. The third-order valence-corrected chi connectivity index (χ3v) is 2.47. The van der Waals surface area contributed by atoms with Crippen molar-refractivity contribution in [2.45, 2.75) is 6.54 Å². The Balaban J connectivity index is 2.28. The first-order valence-electron chi connectivity index (χ1n) is 5.21. The highest BCUT2D eigenvalue weighted by molar-refractivity contribution is 5.28. The lowest BCUT2D eigenvalue weighted by Crippen LogP contribution is -2.18. The van der Waals surface area contributed by atoms with Gasteiger partial charge >= 0.3 is 0 Å². The summed E-state index contributed by atoms with van der Waals surface area (Å²) in [5.74, 6) is 0.742. The van der Waals surface area contributed by atoms with E-state index in [1.54, 1.807) is 13.3 Å². The van der Waals surface area contributed by atoms with E-state index >= 15 is 0 Å². The summed E-state index contributed by atoms with van der Waals surface area (Å²) in [5, 5.41) is 9.15. The monoisotopic (exact) mass is 231 g/mol. The standard InChI is InChI=1S/C13H13NO3/c1-17-12-4-2-3-10(7-12)9-14-6-5-11(15)8-13(14)16/h2-8,15H,9H2,1H3. The van der Waals surface area contributed by atoms with Gasteiger partial charge in [-0.05, 0) is 23.8 Å². The summed E-state index contributed by atoms with van der Waals surface area (Å²) in [4.78, 5) is 11.6. The van der Waals surface area contributed by atoms with Crippen LogP contribution in [0.1, 0.15) is 5.56 Å². The van der Waals surface area contributed by atoms with E-state index in [2.05, 4.69) is 0 Å². The predicted molar refractivity (Wildman–Crippen MR) is 64.5 cm³/mol. The average molecular weight is 231 g/mol. The number of benzene rings is 1. The van der Waals surface area contributed by atoms with E-state index in [0.29, 0.717) is 6.54 Å². The summed E-state index contributed by atoms with van der Waals surface area (Å²) in [5.41, 5.74) is 0.741. The Morgan fingerprint density at radius 1 is 1.29 bits per heavy atom. The molecule has 0 aliphatic carbocycles. The number of methoxy groups -OCH3 is 1. The molecule has 0 aliphatic heterocycles. The summed E-state index contributed by atoms with van der Waals surface area (Å²) in [6.45, 7) is 0.455. The van der Waals surface area contributed by atoms with Crippen molar-refractivity contribution in [3.63, 3.8) is 0 Å². The van der Waals surface area contributed by atoms with Crippen LogP contribution in [0.2, 0.25) is 0 Å². The van der Waals surface area contributed by atoms with Crippen molar-refractivity contribution in [3.8, 4) is 11.5 Å². The second kappa shape index (κ2) is 4.74. The molecule has 0 saturated heterocycles. The highest BCUT2D eigenvalue weighted by Crippen LogP contribution is 2.13. The SMILES string of the molecule is COc1cccc(Cn2ccc(O)cc2=O)c1. The fourth-order valence-electron chi connectivity index (χ4n) is 1.60. The number of ether oxygens (including phenoxy) is 1. The van der Waals surface area contributed by atoms with Gasteiger partial charge in [0.2, 0.25) is 0 Å². The molecule has 1 aromatic carbocycles. The number of aromatic nitrogens is 1. The fraction of sp³-hybridized carbons (Fsp3) is 0.154. The van der Waals surface area contributed by atoms with Gasteiger partial charge in [0.1, 0.15) is 11.5 Å². The Kier molecular flexibility index (Phi) is 3.14. The van der Waals surface area contributed by atoms with Crippen molar-refractivity contribution in [1.29, 1.82) is 0 Å². The van der Waals surface area contributed by atoms with Gasteiger partial charge in [-0.3, -0.25) is 4.79 Å². The molecule has 4 heteroatoms. The molecule has 2 aromatic rings. The molecule has 0 spiro atoms. The summed E-state index contributed by atoms with van der Waals surface area (Å²) < 4.78 is 6.64. The van der Waals surface area contributed by atoms with Crippen LogP contribution in [0.4, 0.5) is 0 Å². The van der Waals surface area contributed by atoms with E-state index in [9.17, 15) is 4.79 Å². The van der Waals surface area contributed by atoms with Crippen molar-refractivity contribution < 1.29 is 9.84 Å². The lowest BCUT2D eigenvalue weighted by molar-refractivity contribution is 0.414. The summed E-state index contributed by atoms with van der Waals surface area (Å²) in [7, 11) is 1.60. The molecule has 4 nitrogen and oxygen atoms in total. The predicted octanol–water partition coefficient (Wildman–Crippen LogP) is 1.61. The minimum absolute atomic E-state index is 0.0168. The highest BCUT2D eigenvalue weighted by Gasteiger charge is 2.00. The van der Waals surface area contributed by atoms with Crippen LogP contribution in [0.15, 0.2) is 47.4 Å². The van der Waals surface area contributed by atoms with Gasteiger partial charge in [-0.15, -0.1) is 0 Å². The van der Waals surface area contributed by atoms with Crippen LogP contribution in [0, 0.1) is 0 Å². The van der Waals surface area contributed by atoms with Gasteiger partial charge in [0, 0.05) is 12.3 Å². The van der Waals surface area contributed by atoms with Crippen molar-refractivity contribution >= 4 is 0 Å². The molecule has 17 heavy (non-hydrogen) atoms. The maximum Gasteiger partial charge on any atom is 0.254 e. The van der Waals surface area contributed by atoms with E-state index in [1.807, 2.05) is 24.3 Å². The zero-order valence-corrected chi connectivity index (χ0v) is 9.46. The lowest BCUT2D eigenvalue weighted by atomic mass is 10.2. The Labute approximate surface area is 98.7 Å². The average Bonchev–Trinajstić information content (AvgIpc) is 2.33. The van der Waals surface area contributed by atoms with Crippen LogP contribution in [-0.2, 0) is 6.54 Å². The van der Waals surface area contributed by atoms with E-state index < -0.39 is 0 Å². The van der Waals surface area contributed by atoms with E-state index in [1.165, 1.54) is 16.7 Å². The second-order valence-electron chi connectivity index (χ2n) is 3.70. The largest absolute Gasteiger partial charge is 0.508 e. The van der Waals surface area contributed by atoms with Crippen molar-refractivity contribution in [3.05, 3.63) is 58.5 Å². The second-order valence-corrected chi connectivity index (χ2v) is 3.70. The first-order chi connectivity index (χ1) is 8.19. The van der Waals surface area contributed by atoms with Crippen LogP contribution in [0.25, 0.3) is 0 Å². The molecule has 1 heterocycles. The molecule has 0 amide bonds. The quantitative estimate of drug-likeness (QED) is 0.873. The van der Waals surface area contributed by atoms with Crippen molar-refractivity contribution in [2.24, 2.45) is 0 Å². The Hall–Kier alpha value is -2.23. The van der Waals surface area contributed by atoms with Gasteiger partial charge in [0.25, 0.3) is 5.56 Å². The van der Waals surface area contributed by atoms with Crippen LogP contribution in [-0.4, -0.2) is 16.8 Å². The Bertz CT molecular complexity index is 575. The molecule has 0 radical (unpaired) electrons. The number of rotatable bonds is 3. The number of hydrogen-bond donors (Lipinski definition) is 1. The van der Waals surface area contributed by atoms with Crippen LogP contribution < -0.4 is 10.3 Å². The van der Waals surface area contributed by atoms with Crippen LogP contribution in [0.5, 0.6) is 11.5 Å². The van der Waals surface area contributed by atoms with Gasteiger partial charge in [-0.25, -0.2) is 0 Å². The molecule has 0 unspecified atom stereocenters. The lowest BCUT2D eigenvalue weighted by Gasteiger charge is -2.07. The minimum atomic E-state index is -0.229. The van der Waals surface area contributed by atoms with Gasteiger partial charge in [0.15, 0.2) is 0 Å². The zero-order valence-electron chi connectivity index (χ0n) is 9.46. The molecule has 1 aromatic heterocycles. The van der Waals surface area contributed by atoms with E-state index in [-0.39, 0.29) is 11.3 Å². The van der Waals surface area contributed by atoms with Crippen LogP contribution >= 0.6 is 0 Å². The number of pyridine rings is 1. The van der Waals surface area contributed by atoms with Gasteiger partial charge in [0.05, 0.1) is 13.7 Å². The van der Waals surface area contributed by atoms with E-state index in [4.69, 9.17) is 9.84 Å². The smallest absolute Gasteiger partial charge is 0.254 e. The molecule has 0 atom stereocenters. The molecule has 0 aliphatic rings. The molecule has 2 rings (SSSR count). The van der Waals surface area contributed by atoms with E-state index in [0.717, 1.165) is 11.3 Å². The van der Waals surface area contributed by atoms with Crippen molar-refractivity contribution in [2.75, 3.05) is 7.11 Å². The minimum Gasteiger partial charge on any atom is -0.508 e. The zero-order chi connectivity index (χ0) is 12.3. The Morgan fingerprint density at radius 3 is 2.82 bits per heavy atom.